The minimum atomic E-state index is 0.447. The van der Waals surface area contributed by atoms with Crippen LogP contribution in [0.1, 0.15) is 6.42 Å². The lowest BCUT2D eigenvalue weighted by atomic mass is 10.4. The van der Waals surface area contributed by atoms with Gasteiger partial charge in [0, 0.05) is 6.04 Å². The molecule has 1 rings (SSSR count). The molecule has 0 heterocycles. The van der Waals surface area contributed by atoms with Crippen molar-refractivity contribution >= 4 is 0 Å². The summed E-state index contributed by atoms with van der Waals surface area (Å²) in [7, 11) is 0. The van der Waals surface area contributed by atoms with Crippen LogP contribution in [0.5, 0.6) is 0 Å². The van der Waals surface area contributed by atoms with Crippen molar-refractivity contribution in [3.05, 3.63) is 12.7 Å². The van der Waals surface area contributed by atoms with Crippen LogP contribution >= 0.6 is 0 Å². The van der Waals surface area contributed by atoms with E-state index < -0.39 is 0 Å². The van der Waals surface area contributed by atoms with Crippen molar-refractivity contribution in [2.24, 2.45) is 11.7 Å². The van der Waals surface area contributed by atoms with Gasteiger partial charge in [0.15, 0.2) is 0 Å². The highest BCUT2D eigenvalue weighted by molar-refractivity contribution is 5.00. The Labute approximate surface area is 37.8 Å². The van der Waals surface area contributed by atoms with Crippen molar-refractivity contribution in [1.82, 2.24) is 0 Å². The lowest BCUT2D eigenvalue weighted by molar-refractivity contribution is 0.978. The first-order valence-electron chi connectivity index (χ1n) is 2.22. The van der Waals surface area contributed by atoms with Crippen LogP contribution in [0.15, 0.2) is 12.7 Å². The second-order valence-corrected chi connectivity index (χ2v) is 1.80. The third-order valence-electron chi connectivity index (χ3n) is 1.19. The molecule has 6 heavy (non-hydrogen) atoms. The fourth-order valence-electron chi connectivity index (χ4n) is 0.507. The summed E-state index contributed by atoms with van der Waals surface area (Å²) in [5.74, 6) is 0.644. The molecule has 2 atom stereocenters. The van der Waals surface area contributed by atoms with Gasteiger partial charge >= 0.3 is 0 Å². The SMILES string of the molecule is C=C[C@H]1CC1N. The monoisotopic (exact) mass is 83.1 g/mol. The second kappa shape index (κ2) is 1.09. The Hall–Kier alpha value is -0.300. The van der Waals surface area contributed by atoms with Gasteiger partial charge in [0.05, 0.1) is 0 Å². The molecule has 0 radical (unpaired) electrons. The van der Waals surface area contributed by atoms with Crippen LogP contribution in [0.25, 0.3) is 0 Å². The number of hydrogen-bond donors (Lipinski definition) is 1. The summed E-state index contributed by atoms with van der Waals surface area (Å²) in [6.45, 7) is 3.59. The molecule has 1 unspecified atom stereocenters. The van der Waals surface area contributed by atoms with E-state index in [1.165, 1.54) is 0 Å². The average Bonchev–Trinajstić information content (AvgIpc) is 2.19. The zero-order chi connectivity index (χ0) is 4.57. The van der Waals surface area contributed by atoms with Crippen LogP contribution in [-0.4, -0.2) is 6.04 Å². The van der Waals surface area contributed by atoms with Gasteiger partial charge in [0.25, 0.3) is 0 Å². The number of nitrogens with two attached hydrogens (primary N) is 1. The largest absolute Gasteiger partial charge is 0.327 e. The number of hydrogen-bond acceptors (Lipinski definition) is 1. The summed E-state index contributed by atoms with van der Waals surface area (Å²) in [5.41, 5.74) is 5.41. The van der Waals surface area contributed by atoms with Crippen LogP contribution in [0.3, 0.4) is 0 Å². The summed E-state index contributed by atoms with van der Waals surface area (Å²) >= 11 is 0. The maximum Gasteiger partial charge on any atom is 0.0109 e. The van der Waals surface area contributed by atoms with Crippen molar-refractivity contribution < 1.29 is 0 Å². The minimum absolute atomic E-state index is 0.447. The van der Waals surface area contributed by atoms with Crippen molar-refractivity contribution in [2.45, 2.75) is 12.5 Å². The fourth-order valence-corrected chi connectivity index (χ4v) is 0.507. The minimum Gasteiger partial charge on any atom is -0.327 e. The zero-order valence-electron chi connectivity index (χ0n) is 3.72. The van der Waals surface area contributed by atoms with Gasteiger partial charge in [0.1, 0.15) is 0 Å². The molecule has 1 fully saturated rings. The molecule has 0 aliphatic heterocycles. The summed E-state index contributed by atoms with van der Waals surface area (Å²) < 4.78 is 0. The lowest BCUT2D eigenvalue weighted by Gasteiger charge is -1.73. The molecule has 1 aliphatic rings. The summed E-state index contributed by atoms with van der Waals surface area (Å²) in [6, 6.07) is 0.447. The Morgan fingerprint density at radius 1 is 1.83 bits per heavy atom. The van der Waals surface area contributed by atoms with Crippen molar-refractivity contribution in [3.8, 4) is 0 Å². The third-order valence-corrected chi connectivity index (χ3v) is 1.19. The van der Waals surface area contributed by atoms with Crippen LogP contribution in [0, 0.1) is 5.92 Å². The quantitative estimate of drug-likeness (QED) is 0.459. The molecule has 0 amide bonds. The third kappa shape index (κ3) is 0.455. The Kier molecular flexibility index (Phi) is 0.701. The standard InChI is InChI=1S/C5H9N/c1-2-4-3-5(4)6/h2,4-5H,1,3,6H2/t4-,5?/m0/s1. The van der Waals surface area contributed by atoms with Crippen LogP contribution in [0.2, 0.25) is 0 Å². The Morgan fingerprint density at radius 3 is 2.33 bits per heavy atom. The summed E-state index contributed by atoms with van der Waals surface area (Å²) in [6.07, 6.45) is 3.08. The van der Waals surface area contributed by atoms with E-state index >= 15 is 0 Å². The van der Waals surface area contributed by atoms with E-state index in [1.54, 1.807) is 0 Å². The lowest BCUT2D eigenvalue weighted by Crippen LogP contribution is -1.99. The Balaban J connectivity index is 2.25. The maximum atomic E-state index is 5.41. The van der Waals surface area contributed by atoms with E-state index in [0.717, 1.165) is 6.42 Å². The highest BCUT2D eigenvalue weighted by Gasteiger charge is 2.29. The summed E-state index contributed by atoms with van der Waals surface area (Å²) in [5, 5.41) is 0. The first-order valence-corrected chi connectivity index (χ1v) is 2.22. The molecule has 34 valence electrons. The summed E-state index contributed by atoms with van der Waals surface area (Å²) in [4.78, 5) is 0. The van der Waals surface area contributed by atoms with E-state index in [1.807, 2.05) is 6.08 Å². The molecule has 1 aliphatic carbocycles. The molecule has 1 heteroatoms. The molecule has 0 bridgehead atoms. The predicted molar refractivity (Wildman–Crippen MR) is 26.3 cm³/mol. The van der Waals surface area contributed by atoms with E-state index in [-0.39, 0.29) is 0 Å². The van der Waals surface area contributed by atoms with E-state index in [0.29, 0.717) is 12.0 Å². The van der Waals surface area contributed by atoms with E-state index in [9.17, 15) is 0 Å². The van der Waals surface area contributed by atoms with Gasteiger partial charge in [-0.2, -0.15) is 0 Å². The van der Waals surface area contributed by atoms with Gasteiger partial charge in [-0.1, -0.05) is 6.08 Å². The van der Waals surface area contributed by atoms with Gasteiger partial charge in [-0.25, -0.2) is 0 Å². The first kappa shape index (κ1) is 3.88. The van der Waals surface area contributed by atoms with Crippen LogP contribution < -0.4 is 5.73 Å². The molecule has 0 saturated heterocycles. The number of rotatable bonds is 1. The molecule has 0 aromatic heterocycles. The fraction of sp³-hybridized carbons (Fsp3) is 0.600. The van der Waals surface area contributed by atoms with Crippen molar-refractivity contribution in [3.63, 3.8) is 0 Å². The van der Waals surface area contributed by atoms with E-state index in [4.69, 9.17) is 5.73 Å². The highest BCUT2D eigenvalue weighted by Crippen LogP contribution is 2.27. The molecular weight excluding hydrogens is 74.1 g/mol. The smallest absolute Gasteiger partial charge is 0.0109 e. The van der Waals surface area contributed by atoms with Gasteiger partial charge < -0.3 is 5.73 Å². The molecule has 0 spiro atoms. The zero-order valence-corrected chi connectivity index (χ0v) is 3.72. The van der Waals surface area contributed by atoms with Gasteiger partial charge in [0.2, 0.25) is 0 Å². The van der Waals surface area contributed by atoms with Crippen molar-refractivity contribution in [2.75, 3.05) is 0 Å². The van der Waals surface area contributed by atoms with Gasteiger partial charge in [-0.3, -0.25) is 0 Å². The Bertz CT molecular complexity index is 68.3. The normalized spacial score (nSPS) is 42.2. The molecule has 0 aromatic rings. The highest BCUT2D eigenvalue weighted by atomic mass is 14.7. The second-order valence-electron chi connectivity index (χ2n) is 1.80. The molecular formula is C5H9N. The molecule has 1 saturated carbocycles. The van der Waals surface area contributed by atoms with E-state index in [2.05, 4.69) is 6.58 Å². The molecule has 0 aromatic carbocycles. The Morgan fingerprint density at radius 2 is 2.33 bits per heavy atom. The van der Waals surface area contributed by atoms with Gasteiger partial charge in [-0.15, -0.1) is 6.58 Å². The molecule has 1 nitrogen and oxygen atoms in total. The topological polar surface area (TPSA) is 26.0 Å². The maximum absolute atomic E-state index is 5.41. The van der Waals surface area contributed by atoms with Crippen molar-refractivity contribution in [1.29, 1.82) is 0 Å². The average molecular weight is 83.1 g/mol. The predicted octanol–water partition coefficient (Wildman–Crippen LogP) is 0.520. The first-order chi connectivity index (χ1) is 2.84. The molecule has 2 N–H and O–H groups in total. The van der Waals surface area contributed by atoms with Crippen LogP contribution in [-0.2, 0) is 0 Å². The van der Waals surface area contributed by atoms with Gasteiger partial charge in [-0.05, 0) is 12.3 Å². The van der Waals surface area contributed by atoms with Crippen LogP contribution in [0.4, 0.5) is 0 Å².